The molecule has 0 bridgehead atoms. The summed E-state index contributed by atoms with van der Waals surface area (Å²) in [6.07, 6.45) is 3.22. The van der Waals surface area contributed by atoms with E-state index in [0.717, 1.165) is 16.7 Å². The molecule has 0 saturated carbocycles. The van der Waals surface area contributed by atoms with Crippen molar-refractivity contribution in [2.24, 2.45) is 0 Å². The maximum atomic E-state index is 12.9. The van der Waals surface area contributed by atoms with Gasteiger partial charge >= 0.3 is 0 Å². The molecule has 3 rings (SSSR count). The van der Waals surface area contributed by atoms with Gasteiger partial charge in [0, 0.05) is 0 Å². The van der Waals surface area contributed by atoms with Crippen molar-refractivity contribution in [3.8, 4) is 22.6 Å². The van der Waals surface area contributed by atoms with Gasteiger partial charge in [-0.15, -0.1) is 0 Å². The van der Waals surface area contributed by atoms with Crippen LogP contribution in [0.4, 0.5) is 0 Å². The van der Waals surface area contributed by atoms with Crippen LogP contribution in [-0.4, -0.2) is 18.0 Å². The molecule has 0 saturated heterocycles. The Kier molecular flexibility index (Phi) is 5.18. The first-order valence-electron chi connectivity index (χ1n) is 8.34. The van der Waals surface area contributed by atoms with Crippen molar-refractivity contribution in [1.82, 2.24) is 0 Å². The Bertz CT molecular complexity index is 939. The first-order chi connectivity index (χ1) is 12.6. The lowest BCUT2D eigenvalue weighted by molar-refractivity contribution is 0.104. The summed E-state index contributed by atoms with van der Waals surface area (Å²) < 4.78 is 5.18. The number of rotatable bonds is 5. The van der Waals surface area contributed by atoms with E-state index >= 15 is 0 Å². The Morgan fingerprint density at radius 2 is 1.65 bits per heavy atom. The molecule has 0 aliphatic heterocycles. The quantitative estimate of drug-likeness (QED) is 0.506. The summed E-state index contributed by atoms with van der Waals surface area (Å²) >= 11 is 0. The van der Waals surface area contributed by atoms with Crippen molar-refractivity contribution in [3.63, 3.8) is 0 Å². The van der Waals surface area contributed by atoms with Gasteiger partial charge in [0.2, 0.25) is 0 Å². The van der Waals surface area contributed by atoms with Gasteiger partial charge in [0.25, 0.3) is 0 Å². The van der Waals surface area contributed by atoms with E-state index in [-0.39, 0.29) is 22.8 Å². The summed E-state index contributed by atoms with van der Waals surface area (Å²) in [5.41, 5.74) is 3.84. The fraction of sp³-hybridized carbons (Fsp3) is 0.0870. The number of phenolic OH excluding ortho intramolecular Hbond substituents is 1. The first kappa shape index (κ1) is 17.5. The van der Waals surface area contributed by atoms with Gasteiger partial charge in [-0.3, -0.25) is 4.79 Å². The summed E-state index contributed by atoms with van der Waals surface area (Å²) in [4.78, 5) is 12.9. The minimum absolute atomic E-state index is 0.146. The highest BCUT2D eigenvalue weighted by Crippen LogP contribution is 2.37. The molecule has 3 heteroatoms. The molecular weight excluding hydrogens is 324 g/mol. The average molecular weight is 344 g/mol. The Hall–Kier alpha value is -3.33. The number of carbonyl (C=O) groups is 1. The van der Waals surface area contributed by atoms with E-state index in [2.05, 4.69) is 0 Å². The third-order valence-corrected chi connectivity index (χ3v) is 4.20. The molecular formula is C23H20O3. The van der Waals surface area contributed by atoms with Crippen LogP contribution in [0, 0.1) is 6.92 Å². The van der Waals surface area contributed by atoms with Gasteiger partial charge in [0.15, 0.2) is 17.3 Å². The van der Waals surface area contributed by atoms with Gasteiger partial charge in [0.1, 0.15) is 0 Å². The van der Waals surface area contributed by atoms with Gasteiger partial charge in [0.05, 0.1) is 12.7 Å². The molecule has 0 atom stereocenters. The minimum Gasteiger partial charge on any atom is -0.504 e. The lowest BCUT2D eigenvalue weighted by Crippen LogP contribution is -2.00. The fourth-order valence-corrected chi connectivity index (χ4v) is 2.78. The lowest BCUT2D eigenvalue weighted by Gasteiger charge is -2.12. The highest BCUT2D eigenvalue weighted by atomic mass is 16.5. The Balaban J connectivity index is 2.04. The standard InChI is InChI=1S/C23H20O3/c1-16-8-10-17(11-9-16)12-14-20(24)22-19(18-6-4-3-5-7-18)13-15-21(26-2)23(22)25/h3-15,25H,1-2H3/b14-12+. The predicted octanol–water partition coefficient (Wildman–Crippen LogP) is 5.27. The molecule has 26 heavy (non-hydrogen) atoms. The van der Waals surface area contributed by atoms with Crippen LogP contribution in [0.5, 0.6) is 11.5 Å². The maximum Gasteiger partial charge on any atom is 0.190 e. The average Bonchev–Trinajstić information content (AvgIpc) is 2.67. The van der Waals surface area contributed by atoms with Gasteiger partial charge in [-0.25, -0.2) is 0 Å². The van der Waals surface area contributed by atoms with Crippen LogP contribution >= 0.6 is 0 Å². The monoisotopic (exact) mass is 344 g/mol. The number of carbonyl (C=O) groups excluding carboxylic acids is 1. The van der Waals surface area contributed by atoms with E-state index < -0.39 is 0 Å². The van der Waals surface area contributed by atoms with Gasteiger partial charge in [-0.2, -0.15) is 0 Å². The molecule has 0 radical (unpaired) electrons. The number of hydrogen-bond donors (Lipinski definition) is 1. The minimum atomic E-state index is -0.277. The molecule has 0 aromatic heterocycles. The SMILES string of the molecule is COc1ccc(-c2ccccc2)c(C(=O)/C=C/c2ccc(C)cc2)c1O. The third kappa shape index (κ3) is 3.67. The first-order valence-corrected chi connectivity index (χ1v) is 8.34. The fourth-order valence-electron chi connectivity index (χ4n) is 2.78. The zero-order chi connectivity index (χ0) is 18.5. The topological polar surface area (TPSA) is 46.5 Å². The van der Waals surface area contributed by atoms with E-state index in [0.29, 0.717) is 5.56 Å². The summed E-state index contributed by atoms with van der Waals surface area (Å²) in [6, 6.07) is 20.8. The van der Waals surface area contributed by atoms with Crippen molar-refractivity contribution in [1.29, 1.82) is 0 Å². The van der Waals surface area contributed by atoms with E-state index in [1.54, 1.807) is 18.2 Å². The Labute approximate surface area is 153 Å². The second-order valence-electron chi connectivity index (χ2n) is 6.01. The molecule has 0 spiro atoms. The van der Waals surface area contributed by atoms with E-state index in [4.69, 9.17) is 4.74 Å². The molecule has 3 aromatic rings. The Morgan fingerprint density at radius 3 is 2.31 bits per heavy atom. The van der Waals surface area contributed by atoms with Crippen LogP contribution in [0.15, 0.2) is 72.8 Å². The molecule has 0 fully saturated rings. The van der Waals surface area contributed by atoms with Crippen LogP contribution in [0.25, 0.3) is 17.2 Å². The molecule has 3 nitrogen and oxygen atoms in total. The number of aromatic hydroxyl groups is 1. The molecule has 0 amide bonds. The number of ether oxygens (including phenoxy) is 1. The van der Waals surface area contributed by atoms with Crippen molar-refractivity contribution < 1.29 is 14.6 Å². The molecule has 0 aliphatic rings. The van der Waals surface area contributed by atoms with E-state index in [9.17, 15) is 9.90 Å². The molecule has 1 N–H and O–H groups in total. The van der Waals surface area contributed by atoms with Crippen LogP contribution in [-0.2, 0) is 0 Å². The van der Waals surface area contributed by atoms with Crippen molar-refractivity contribution >= 4 is 11.9 Å². The number of hydrogen-bond acceptors (Lipinski definition) is 3. The van der Waals surface area contributed by atoms with Crippen LogP contribution in [0.1, 0.15) is 21.5 Å². The van der Waals surface area contributed by atoms with Gasteiger partial charge < -0.3 is 9.84 Å². The number of phenols is 1. The zero-order valence-electron chi connectivity index (χ0n) is 14.8. The van der Waals surface area contributed by atoms with Crippen LogP contribution < -0.4 is 4.74 Å². The van der Waals surface area contributed by atoms with Gasteiger partial charge in [-0.1, -0.05) is 66.2 Å². The zero-order valence-corrected chi connectivity index (χ0v) is 14.8. The summed E-state index contributed by atoms with van der Waals surface area (Å²) in [5, 5.41) is 10.6. The van der Waals surface area contributed by atoms with E-state index in [1.807, 2.05) is 61.5 Å². The summed E-state index contributed by atoms with van der Waals surface area (Å²) in [6.45, 7) is 2.01. The molecule has 130 valence electrons. The van der Waals surface area contributed by atoms with Crippen LogP contribution in [0.2, 0.25) is 0 Å². The van der Waals surface area contributed by atoms with Crippen LogP contribution in [0.3, 0.4) is 0 Å². The molecule has 0 aliphatic carbocycles. The second-order valence-corrected chi connectivity index (χ2v) is 6.01. The number of aryl methyl sites for hydroxylation is 1. The number of allylic oxidation sites excluding steroid dienone is 1. The molecule has 0 heterocycles. The Morgan fingerprint density at radius 1 is 0.962 bits per heavy atom. The number of ketones is 1. The molecule has 3 aromatic carbocycles. The van der Waals surface area contributed by atoms with E-state index in [1.165, 1.54) is 13.2 Å². The van der Waals surface area contributed by atoms with Gasteiger partial charge in [-0.05, 0) is 41.8 Å². The predicted molar refractivity (Wildman–Crippen MR) is 105 cm³/mol. The second kappa shape index (κ2) is 7.70. The maximum absolute atomic E-state index is 12.9. The smallest absolute Gasteiger partial charge is 0.190 e. The highest BCUT2D eigenvalue weighted by molar-refractivity contribution is 6.13. The largest absolute Gasteiger partial charge is 0.504 e. The van der Waals surface area contributed by atoms with Crippen molar-refractivity contribution in [2.45, 2.75) is 6.92 Å². The highest BCUT2D eigenvalue weighted by Gasteiger charge is 2.19. The summed E-state index contributed by atoms with van der Waals surface area (Å²) in [7, 11) is 1.47. The lowest BCUT2D eigenvalue weighted by atomic mass is 9.95. The summed E-state index contributed by atoms with van der Waals surface area (Å²) in [5.74, 6) is -0.148. The third-order valence-electron chi connectivity index (χ3n) is 4.20. The number of benzene rings is 3. The van der Waals surface area contributed by atoms with Crippen molar-refractivity contribution in [2.75, 3.05) is 7.11 Å². The normalized spacial score (nSPS) is 10.8. The van der Waals surface area contributed by atoms with Crippen molar-refractivity contribution in [3.05, 3.63) is 89.5 Å². The number of methoxy groups -OCH3 is 1. The molecule has 0 unspecified atom stereocenters.